The van der Waals surface area contributed by atoms with Crippen molar-refractivity contribution in [2.45, 2.75) is 41.3 Å². The van der Waals surface area contributed by atoms with Crippen molar-refractivity contribution in [1.82, 2.24) is 19.5 Å². The number of imidazole rings is 1. The summed E-state index contributed by atoms with van der Waals surface area (Å²) >= 11 is 0. The van der Waals surface area contributed by atoms with Crippen molar-refractivity contribution in [3.8, 4) is 0 Å². The minimum Gasteiger partial charge on any atom is -0.358 e. The summed E-state index contributed by atoms with van der Waals surface area (Å²) in [4.78, 5) is 14.9. The average Bonchev–Trinajstić information content (AvgIpc) is 4.09. The van der Waals surface area contributed by atoms with Crippen LogP contribution in [0.25, 0.3) is 11.2 Å². The van der Waals surface area contributed by atoms with Crippen molar-refractivity contribution in [2.75, 3.05) is 11.9 Å². The summed E-state index contributed by atoms with van der Waals surface area (Å²) in [7, 11) is 0. The predicted molar refractivity (Wildman–Crippen MR) is 296 cm³/mol. The number of aromatic nitrogens is 4. The molecule has 1 fully saturated rings. The van der Waals surface area contributed by atoms with Crippen molar-refractivity contribution >= 4 is 17.0 Å². The molecule has 12 rings (SSSR count). The van der Waals surface area contributed by atoms with Gasteiger partial charge in [-0.05, 0) is 50.1 Å². The number of nitrogens with zero attached hydrogens (tertiary/aromatic N) is 4. The van der Waals surface area contributed by atoms with E-state index in [-0.39, 0.29) is 6.61 Å². The van der Waals surface area contributed by atoms with Crippen LogP contribution in [0, 0.1) is 0 Å². The van der Waals surface area contributed by atoms with E-state index in [9.17, 15) is 0 Å². The number of halogens is 1. The maximum Gasteiger partial charge on any atom is 0.167 e. The fourth-order valence-electron chi connectivity index (χ4n) is 11.2. The van der Waals surface area contributed by atoms with Gasteiger partial charge >= 0.3 is 0 Å². The number of anilines is 1. The van der Waals surface area contributed by atoms with Crippen LogP contribution < -0.4 is 5.32 Å². The van der Waals surface area contributed by atoms with E-state index in [1.54, 1.807) is 10.9 Å². The third-order valence-corrected chi connectivity index (χ3v) is 14.7. The smallest absolute Gasteiger partial charge is 0.167 e. The molecule has 1 aliphatic rings. The van der Waals surface area contributed by atoms with Gasteiger partial charge in [0.25, 0.3) is 0 Å². The van der Waals surface area contributed by atoms with E-state index >= 15 is 4.39 Å². The van der Waals surface area contributed by atoms with Crippen LogP contribution in [0.1, 0.15) is 56.3 Å². The van der Waals surface area contributed by atoms with Gasteiger partial charge in [-0.1, -0.05) is 273 Å². The van der Waals surface area contributed by atoms with Gasteiger partial charge in [0, 0.05) is 0 Å². The summed E-state index contributed by atoms with van der Waals surface area (Å²) in [5.74, 6) is 0.470. The Bertz CT molecular complexity index is 3310. The molecule has 1 aliphatic heterocycles. The van der Waals surface area contributed by atoms with Crippen LogP contribution in [-0.2, 0) is 31.0 Å². The number of ether oxygens (including phenoxy) is 3. The topological polar surface area (TPSA) is 83.3 Å². The van der Waals surface area contributed by atoms with Gasteiger partial charge in [0.1, 0.15) is 35.3 Å². The van der Waals surface area contributed by atoms with E-state index in [4.69, 9.17) is 29.2 Å². The van der Waals surface area contributed by atoms with Crippen LogP contribution in [-0.4, -0.2) is 44.5 Å². The van der Waals surface area contributed by atoms with Crippen LogP contribution in [0.15, 0.2) is 286 Å². The number of nitrogens with one attached hydrogen (secondary N) is 1. The molecule has 0 spiro atoms. The van der Waals surface area contributed by atoms with Crippen LogP contribution in [0.4, 0.5) is 10.2 Å². The maximum atomic E-state index is 18.8. The first-order valence-electron chi connectivity index (χ1n) is 25.7. The van der Waals surface area contributed by atoms with Gasteiger partial charge in [0.05, 0.1) is 12.9 Å². The fraction of sp³-hybridized carbons (Fsp3) is 0.119. The van der Waals surface area contributed by atoms with Gasteiger partial charge in [0.2, 0.25) is 0 Å². The molecular formula is C67H54FN5O3. The fourth-order valence-corrected chi connectivity index (χ4v) is 11.2. The SMILES string of the molecule is F[C@@H]1[C@@H](OC(c2ccccc2)(c2ccccc2)c2ccccc2)[C@H](n2cnc3c(NC(c4ccccc4)(c4ccccc4)c4ccccc4)ncnc32)O[C@@H]1COC(c1ccccc1)(c1ccccc1)c1ccccc1. The van der Waals surface area contributed by atoms with Gasteiger partial charge in [-0.3, -0.25) is 4.57 Å². The Morgan fingerprint density at radius 2 is 0.776 bits per heavy atom. The Morgan fingerprint density at radius 1 is 0.434 bits per heavy atom. The Kier molecular flexibility index (Phi) is 13.4. The highest BCUT2D eigenvalue weighted by Gasteiger charge is 2.54. The van der Waals surface area contributed by atoms with Crippen molar-refractivity contribution in [2.24, 2.45) is 0 Å². The summed E-state index contributed by atoms with van der Waals surface area (Å²) in [6.45, 7) is -0.159. The highest BCUT2D eigenvalue weighted by molar-refractivity contribution is 5.84. The predicted octanol–water partition coefficient (Wildman–Crippen LogP) is 13.9. The van der Waals surface area contributed by atoms with E-state index in [1.165, 1.54) is 6.33 Å². The van der Waals surface area contributed by atoms with Gasteiger partial charge in [-0.25, -0.2) is 19.3 Å². The molecule has 11 aromatic rings. The molecule has 1 saturated heterocycles. The number of rotatable bonds is 17. The normalized spacial score (nSPS) is 16.9. The van der Waals surface area contributed by atoms with E-state index in [0.29, 0.717) is 17.0 Å². The molecule has 0 radical (unpaired) electrons. The molecule has 3 heterocycles. The molecule has 0 aliphatic carbocycles. The summed E-state index contributed by atoms with van der Waals surface area (Å²) in [6, 6.07) is 91.2. The minimum absolute atomic E-state index is 0.159. The number of fused-ring (bicyclic) bond motifs is 1. The van der Waals surface area contributed by atoms with Crippen molar-refractivity contribution in [3.63, 3.8) is 0 Å². The first-order chi connectivity index (χ1) is 37.6. The Labute approximate surface area is 442 Å². The highest BCUT2D eigenvalue weighted by atomic mass is 19.1. The second-order valence-corrected chi connectivity index (χ2v) is 19.0. The number of benzene rings is 9. The molecule has 0 bridgehead atoms. The van der Waals surface area contributed by atoms with E-state index < -0.39 is 41.3 Å². The molecule has 372 valence electrons. The summed E-state index contributed by atoms with van der Waals surface area (Å²) in [5, 5.41) is 3.91. The lowest BCUT2D eigenvalue weighted by molar-refractivity contribution is -0.119. The molecule has 1 N–H and O–H groups in total. The molecule has 8 nitrogen and oxygen atoms in total. The lowest BCUT2D eigenvalue weighted by Gasteiger charge is -2.39. The van der Waals surface area contributed by atoms with Crippen LogP contribution in [0.2, 0.25) is 0 Å². The summed E-state index contributed by atoms with van der Waals surface area (Å²) in [5.41, 5.74) is 5.56. The van der Waals surface area contributed by atoms with Gasteiger partial charge in [0.15, 0.2) is 29.4 Å². The lowest BCUT2D eigenvalue weighted by Crippen LogP contribution is -2.43. The first-order valence-corrected chi connectivity index (χ1v) is 25.7. The Morgan fingerprint density at radius 3 is 1.14 bits per heavy atom. The van der Waals surface area contributed by atoms with Crippen LogP contribution >= 0.6 is 0 Å². The zero-order chi connectivity index (χ0) is 51.2. The quantitative estimate of drug-likeness (QED) is 0.0910. The second-order valence-electron chi connectivity index (χ2n) is 19.0. The number of hydrogen-bond donors (Lipinski definition) is 1. The standard InChI is InChI=1S/C67H54FN5O3/c68-59-58(46-74-66(52-34-16-4-17-35-52,53-36-18-5-19-37-53)54-38-20-6-21-39-54)75-64(61(59)76-67(55-40-22-7-23-41-55,56-42-24-8-25-43-56)57-44-26-9-27-45-57)73-48-71-60-62(69-47-70-63(60)73)72-65(49-28-10-1-11-29-49,50-30-12-2-13-31-50)51-32-14-3-15-33-51/h1-45,47-48,58-59,61,64H,46H2,(H,69,70,72)/t58-,59+,61-,64-/m1/s1. The molecular weight excluding hydrogens is 942 g/mol. The zero-order valence-electron chi connectivity index (χ0n) is 41.5. The van der Waals surface area contributed by atoms with E-state index in [2.05, 4.69) is 78.1 Å². The monoisotopic (exact) mass is 995 g/mol. The van der Waals surface area contributed by atoms with E-state index in [0.717, 1.165) is 50.1 Å². The number of hydrogen-bond acceptors (Lipinski definition) is 7. The molecule has 2 aromatic heterocycles. The molecule has 0 amide bonds. The number of alkyl halides is 1. The Balaban J connectivity index is 1.02. The van der Waals surface area contributed by atoms with Crippen LogP contribution in [0.3, 0.4) is 0 Å². The molecule has 9 heteroatoms. The van der Waals surface area contributed by atoms with Crippen LogP contribution in [0.5, 0.6) is 0 Å². The average molecular weight is 996 g/mol. The molecule has 76 heavy (non-hydrogen) atoms. The van der Waals surface area contributed by atoms with Gasteiger partial charge in [-0.2, -0.15) is 0 Å². The third-order valence-electron chi connectivity index (χ3n) is 14.7. The lowest BCUT2D eigenvalue weighted by atomic mass is 9.77. The van der Waals surface area contributed by atoms with Crippen molar-refractivity contribution in [1.29, 1.82) is 0 Å². The third kappa shape index (κ3) is 8.64. The van der Waals surface area contributed by atoms with Crippen molar-refractivity contribution < 1.29 is 18.6 Å². The minimum atomic E-state index is -1.75. The van der Waals surface area contributed by atoms with Gasteiger partial charge in [-0.15, -0.1) is 0 Å². The maximum absolute atomic E-state index is 18.8. The van der Waals surface area contributed by atoms with E-state index in [1.807, 2.05) is 200 Å². The molecule has 0 unspecified atom stereocenters. The molecule has 9 aromatic carbocycles. The second kappa shape index (κ2) is 21.2. The highest BCUT2D eigenvalue weighted by Crippen LogP contribution is 2.49. The zero-order valence-corrected chi connectivity index (χ0v) is 41.5. The summed E-state index contributed by atoms with van der Waals surface area (Å²) in [6.07, 6.45) is -2.11. The summed E-state index contributed by atoms with van der Waals surface area (Å²) < 4.78 is 42.8. The largest absolute Gasteiger partial charge is 0.358 e. The Hall–Kier alpha value is -8.86. The molecule has 0 saturated carbocycles. The van der Waals surface area contributed by atoms with Crippen molar-refractivity contribution in [3.05, 3.63) is 336 Å². The first kappa shape index (κ1) is 48.1. The van der Waals surface area contributed by atoms with Gasteiger partial charge < -0.3 is 19.5 Å². The molecule has 4 atom stereocenters.